The minimum absolute atomic E-state index is 0.159. The monoisotopic (exact) mass is 424 g/mol. The fraction of sp³-hybridized carbons (Fsp3) is 0.348. The first-order valence-corrected chi connectivity index (χ1v) is 10.4. The second-order valence-corrected chi connectivity index (χ2v) is 7.67. The number of hydrogen-bond acceptors (Lipinski definition) is 5. The van der Waals surface area contributed by atoms with Gasteiger partial charge in [0.15, 0.2) is 0 Å². The van der Waals surface area contributed by atoms with E-state index in [-0.39, 0.29) is 37.0 Å². The third-order valence-corrected chi connectivity index (χ3v) is 5.31. The number of hydrazone groups is 1. The Bertz CT molecular complexity index is 971. The number of carbonyl (C=O) groups is 2. The van der Waals surface area contributed by atoms with Gasteiger partial charge in [0.25, 0.3) is 5.91 Å². The number of ether oxygens (including phenoxy) is 1. The number of nitrogens with zero attached hydrogens (tertiary/aromatic N) is 3. The molecule has 2 aliphatic rings. The average Bonchev–Trinajstić information content (AvgIpc) is 2.78. The summed E-state index contributed by atoms with van der Waals surface area (Å²) in [5, 5.41) is 8.44. The molecule has 1 fully saturated rings. The van der Waals surface area contributed by atoms with Crippen LogP contribution in [-0.2, 0) is 27.4 Å². The third kappa shape index (κ3) is 5.74. The van der Waals surface area contributed by atoms with Crippen molar-refractivity contribution in [2.75, 3.05) is 31.6 Å². The number of morpholine rings is 1. The molecule has 0 radical (unpaired) electrons. The van der Waals surface area contributed by atoms with Crippen LogP contribution < -0.4 is 5.32 Å². The van der Waals surface area contributed by atoms with Gasteiger partial charge in [-0.25, -0.2) is 9.40 Å². The summed E-state index contributed by atoms with van der Waals surface area (Å²) >= 11 is 0. The van der Waals surface area contributed by atoms with E-state index in [2.05, 4.69) is 15.3 Å². The highest BCUT2D eigenvalue weighted by molar-refractivity contribution is 6.43. The summed E-state index contributed by atoms with van der Waals surface area (Å²) in [6.45, 7) is 4.27. The molecule has 162 valence electrons. The predicted octanol–water partition coefficient (Wildman–Crippen LogP) is 2.78. The Morgan fingerprint density at radius 2 is 1.81 bits per heavy atom. The van der Waals surface area contributed by atoms with Crippen LogP contribution in [0.4, 0.5) is 10.1 Å². The molecule has 0 atom stereocenters. The van der Waals surface area contributed by atoms with Crippen molar-refractivity contribution in [1.82, 2.24) is 9.91 Å². The Hall–Kier alpha value is -3.10. The van der Waals surface area contributed by atoms with E-state index in [1.54, 1.807) is 12.1 Å². The molecule has 31 heavy (non-hydrogen) atoms. The lowest BCUT2D eigenvalue weighted by atomic mass is 10.1. The lowest BCUT2D eigenvalue weighted by Gasteiger charge is -2.26. The topological polar surface area (TPSA) is 74.2 Å². The van der Waals surface area contributed by atoms with Crippen LogP contribution in [0.25, 0.3) is 0 Å². The van der Waals surface area contributed by atoms with Crippen LogP contribution in [0.1, 0.15) is 24.0 Å². The normalized spacial score (nSPS) is 17.4. The number of halogens is 1. The second-order valence-electron chi connectivity index (χ2n) is 7.67. The van der Waals surface area contributed by atoms with Gasteiger partial charge in [-0.05, 0) is 35.4 Å². The van der Waals surface area contributed by atoms with Crippen LogP contribution in [0.5, 0.6) is 0 Å². The summed E-state index contributed by atoms with van der Waals surface area (Å²) in [5.41, 5.74) is 2.86. The Balaban J connectivity index is 1.40. The molecule has 8 heteroatoms. The first-order chi connectivity index (χ1) is 15.1. The maximum atomic E-state index is 13.1. The van der Waals surface area contributed by atoms with Crippen LogP contribution in [-0.4, -0.2) is 53.7 Å². The molecule has 2 heterocycles. The van der Waals surface area contributed by atoms with Crippen LogP contribution in [0.15, 0.2) is 53.6 Å². The zero-order chi connectivity index (χ0) is 21.6. The first kappa shape index (κ1) is 21.1. The number of benzene rings is 2. The molecule has 1 saturated heterocycles. The zero-order valence-corrected chi connectivity index (χ0v) is 17.2. The van der Waals surface area contributed by atoms with E-state index in [0.717, 1.165) is 44.0 Å². The second kappa shape index (κ2) is 9.80. The minimum Gasteiger partial charge on any atom is -0.379 e. The van der Waals surface area contributed by atoms with Gasteiger partial charge in [0.2, 0.25) is 5.91 Å². The van der Waals surface area contributed by atoms with E-state index in [1.807, 2.05) is 24.3 Å². The Morgan fingerprint density at radius 1 is 1.03 bits per heavy atom. The number of rotatable bonds is 6. The van der Waals surface area contributed by atoms with Crippen molar-refractivity contribution in [2.45, 2.75) is 25.9 Å². The van der Waals surface area contributed by atoms with Crippen molar-refractivity contribution in [3.8, 4) is 0 Å². The van der Waals surface area contributed by atoms with Crippen LogP contribution in [0, 0.1) is 5.82 Å². The number of carbonyl (C=O) groups excluding carboxylic acids is 2. The molecular weight excluding hydrogens is 399 g/mol. The van der Waals surface area contributed by atoms with Crippen LogP contribution in [0.2, 0.25) is 0 Å². The summed E-state index contributed by atoms with van der Waals surface area (Å²) in [6, 6.07) is 13.6. The highest BCUT2D eigenvalue weighted by atomic mass is 19.1. The van der Waals surface area contributed by atoms with Gasteiger partial charge in [-0.3, -0.25) is 14.5 Å². The summed E-state index contributed by atoms with van der Waals surface area (Å²) in [4.78, 5) is 27.3. The third-order valence-electron chi connectivity index (χ3n) is 5.31. The molecule has 0 unspecified atom stereocenters. The maximum Gasteiger partial charge on any atom is 0.271 e. The van der Waals surface area contributed by atoms with E-state index >= 15 is 0 Å². The highest BCUT2D eigenvalue weighted by Crippen LogP contribution is 2.17. The van der Waals surface area contributed by atoms with E-state index in [1.165, 1.54) is 17.1 Å². The lowest BCUT2D eigenvalue weighted by Crippen LogP contribution is -2.36. The smallest absolute Gasteiger partial charge is 0.271 e. The van der Waals surface area contributed by atoms with E-state index in [0.29, 0.717) is 11.4 Å². The quantitative estimate of drug-likeness (QED) is 0.774. The Labute approximate surface area is 180 Å². The van der Waals surface area contributed by atoms with Gasteiger partial charge in [-0.1, -0.05) is 24.3 Å². The van der Waals surface area contributed by atoms with Gasteiger partial charge < -0.3 is 10.1 Å². The van der Waals surface area contributed by atoms with Gasteiger partial charge >= 0.3 is 0 Å². The molecule has 2 amide bonds. The van der Waals surface area contributed by atoms with E-state index in [4.69, 9.17) is 4.74 Å². The molecule has 2 aliphatic heterocycles. The maximum absolute atomic E-state index is 13.1. The SMILES string of the molecule is O=C(Nc1cccc(CN2CCOCC2)c1)C1=NN(Cc2ccc(F)cc2)C(=O)CC1. The van der Waals surface area contributed by atoms with Crippen molar-refractivity contribution >= 4 is 23.2 Å². The van der Waals surface area contributed by atoms with Crippen molar-refractivity contribution in [3.63, 3.8) is 0 Å². The van der Waals surface area contributed by atoms with Gasteiger partial charge in [0.1, 0.15) is 11.5 Å². The molecule has 0 saturated carbocycles. The molecule has 1 N–H and O–H groups in total. The van der Waals surface area contributed by atoms with Gasteiger partial charge in [-0.2, -0.15) is 5.10 Å². The molecule has 0 bridgehead atoms. The number of hydrogen-bond donors (Lipinski definition) is 1. The minimum atomic E-state index is -0.340. The van der Waals surface area contributed by atoms with Crippen molar-refractivity contribution in [1.29, 1.82) is 0 Å². The predicted molar refractivity (Wildman–Crippen MR) is 115 cm³/mol. The van der Waals surface area contributed by atoms with Crippen LogP contribution >= 0.6 is 0 Å². The molecular formula is C23H25FN4O3. The fourth-order valence-electron chi connectivity index (χ4n) is 3.62. The summed E-state index contributed by atoms with van der Waals surface area (Å²) in [7, 11) is 0. The highest BCUT2D eigenvalue weighted by Gasteiger charge is 2.24. The molecule has 2 aromatic rings. The summed E-state index contributed by atoms with van der Waals surface area (Å²) < 4.78 is 18.5. The Kier molecular flexibility index (Phi) is 6.69. The zero-order valence-electron chi connectivity index (χ0n) is 17.2. The van der Waals surface area contributed by atoms with Crippen molar-refractivity contribution < 1.29 is 18.7 Å². The molecule has 0 aliphatic carbocycles. The standard InChI is InChI=1S/C23H25FN4O3/c24-19-6-4-17(5-7-19)16-28-22(29)9-8-21(26-28)23(30)25-20-3-1-2-18(14-20)15-27-10-12-31-13-11-27/h1-7,14H,8-13,15-16H2,(H,25,30). The molecule has 0 spiro atoms. The van der Waals surface area contributed by atoms with E-state index in [9.17, 15) is 14.0 Å². The number of anilines is 1. The van der Waals surface area contributed by atoms with Crippen molar-refractivity contribution in [3.05, 3.63) is 65.5 Å². The van der Waals surface area contributed by atoms with E-state index < -0.39 is 0 Å². The van der Waals surface area contributed by atoms with Gasteiger partial charge in [0, 0.05) is 38.2 Å². The average molecular weight is 424 g/mol. The molecule has 2 aromatic carbocycles. The summed E-state index contributed by atoms with van der Waals surface area (Å²) in [6.07, 6.45) is 0.503. The largest absolute Gasteiger partial charge is 0.379 e. The summed E-state index contributed by atoms with van der Waals surface area (Å²) in [5.74, 6) is -0.818. The molecule has 0 aromatic heterocycles. The lowest BCUT2D eigenvalue weighted by molar-refractivity contribution is -0.132. The van der Waals surface area contributed by atoms with Gasteiger partial charge in [0.05, 0.1) is 19.8 Å². The Morgan fingerprint density at radius 3 is 2.58 bits per heavy atom. The number of amides is 2. The molecule has 4 rings (SSSR count). The molecule has 7 nitrogen and oxygen atoms in total. The fourth-order valence-corrected chi connectivity index (χ4v) is 3.62. The first-order valence-electron chi connectivity index (χ1n) is 10.4. The van der Waals surface area contributed by atoms with Crippen LogP contribution in [0.3, 0.4) is 0 Å². The van der Waals surface area contributed by atoms with Gasteiger partial charge in [-0.15, -0.1) is 0 Å². The van der Waals surface area contributed by atoms with Crippen molar-refractivity contribution in [2.24, 2.45) is 5.10 Å². The number of nitrogens with one attached hydrogen (secondary N) is 1.